The Bertz CT molecular complexity index is 694. The molecule has 2 rings (SSSR count). The van der Waals surface area contributed by atoms with Crippen molar-refractivity contribution in [2.75, 3.05) is 13.7 Å². The van der Waals surface area contributed by atoms with Crippen LogP contribution in [0.3, 0.4) is 0 Å². The fourth-order valence-electron chi connectivity index (χ4n) is 1.72. The summed E-state index contributed by atoms with van der Waals surface area (Å²) in [5.74, 6) is 0.675. The molecule has 0 aromatic heterocycles. The summed E-state index contributed by atoms with van der Waals surface area (Å²) in [6.07, 6.45) is 3.10. The van der Waals surface area contributed by atoms with Crippen LogP contribution < -0.4 is 4.74 Å². The Labute approximate surface area is 137 Å². The van der Waals surface area contributed by atoms with E-state index in [4.69, 9.17) is 4.74 Å². The lowest BCUT2D eigenvalue weighted by molar-refractivity contribution is 0.100. The highest BCUT2D eigenvalue weighted by atomic mass is 79.9. The standard InChI is InChI=1S/C17H15BrN2O2/c1-22-14-8-6-13(7-9-14)17(21)12-19-10-11-20-16-5-3-2-4-15(16)18/h2-11H,12H2,1H3. The summed E-state index contributed by atoms with van der Waals surface area (Å²) < 4.78 is 5.96. The summed E-state index contributed by atoms with van der Waals surface area (Å²) in [5, 5.41) is 0. The monoisotopic (exact) mass is 358 g/mol. The van der Waals surface area contributed by atoms with Crippen LogP contribution in [0.1, 0.15) is 10.4 Å². The second kappa shape index (κ2) is 8.24. The number of hydrogen-bond donors (Lipinski definition) is 0. The first-order valence-electron chi connectivity index (χ1n) is 6.65. The number of aliphatic imine (C=N–C) groups is 2. The van der Waals surface area contributed by atoms with Gasteiger partial charge in [0.15, 0.2) is 5.78 Å². The highest BCUT2D eigenvalue weighted by Gasteiger charge is 2.03. The summed E-state index contributed by atoms with van der Waals surface area (Å²) in [7, 11) is 1.59. The Kier molecular flexibility index (Phi) is 6.03. The minimum atomic E-state index is -0.0480. The van der Waals surface area contributed by atoms with Gasteiger partial charge in [0.25, 0.3) is 0 Å². The van der Waals surface area contributed by atoms with E-state index in [0.29, 0.717) is 5.56 Å². The Hall–Kier alpha value is -2.27. The number of halogens is 1. The topological polar surface area (TPSA) is 51.0 Å². The summed E-state index contributed by atoms with van der Waals surface area (Å²) >= 11 is 3.41. The number of para-hydroxylation sites is 1. The van der Waals surface area contributed by atoms with Crippen LogP contribution in [0.15, 0.2) is 63.0 Å². The van der Waals surface area contributed by atoms with Crippen molar-refractivity contribution in [3.63, 3.8) is 0 Å². The van der Waals surface area contributed by atoms with E-state index in [2.05, 4.69) is 25.9 Å². The summed E-state index contributed by atoms with van der Waals surface area (Å²) in [5.41, 5.74) is 1.43. The van der Waals surface area contributed by atoms with Gasteiger partial charge < -0.3 is 4.74 Å². The van der Waals surface area contributed by atoms with E-state index in [9.17, 15) is 4.79 Å². The van der Waals surface area contributed by atoms with Gasteiger partial charge in [-0.25, -0.2) is 0 Å². The SMILES string of the molecule is COc1ccc(C(=O)CN=CC=Nc2ccccc2Br)cc1. The molecule has 0 aliphatic rings. The van der Waals surface area contributed by atoms with Gasteiger partial charge in [0, 0.05) is 22.5 Å². The lowest BCUT2D eigenvalue weighted by atomic mass is 10.1. The van der Waals surface area contributed by atoms with Crippen molar-refractivity contribution in [1.29, 1.82) is 0 Å². The number of benzene rings is 2. The molecule has 0 fully saturated rings. The molecule has 0 atom stereocenters. The maximum absolute atomic E-state index is 11.9. The number of rotatable bonds is 6. The average molecular weight is 359 g/mol. The molecule has 0 radical (unpaired) electrons. The number of ketones is 1. The molecule has 0 spiro atoms. The van der Waals surface area contributed by atoms with Crippen LogP contribution >= 0.6 is 15.9 Å². The minimum Gasteiger partial charge on any atom is -0.497 e. The zero-order valence-corrected chi connectivity index (χ0v) is 13.7. The molecule has 0 amide bonds. The van der Waals surface area contributed by atoms with Gasteiger partial charge >= 0.3 is 0 Å². The van der Waals surface area contributed by atoms with Gasteiger partial charge in [0.05, 0.1) is 12.8 Å². The quantitative estimate of drug-likeness (QED) is 0.576. The Morgan fingerprint density at radius 1 is 1.14 bits per heavy atom. The molecule has 0 N–H and O–H groups in total. The van der Waals surface area contributed by atoms with Gasteiger partial charge in [-0.3, -0.25) is 14.8 Å². The van der Waals surface area contributed by atoms with E-state index in [1.54, 1.807) is 37.6 Å². The molecule has 4 nitrogen and oxygen atoms in total. The number of carbonyl (C=O) groups excluding carboxylic acids is 1. The molecule has 0 saturated carbocycles. The first-order chi connectivity index (χ1) is 10.7. The van der Waals surface area contributed by atoms with Gasteiger partial charge in [0.1, 0.15) is 12.3 Å². The van der Waals surface area contributed by atoms with Crippen LogP contribution in [-0.2, 0) is 0 Å². The predicted molar refractivity (Wildman–Crippen MR) is 93.0 cm³/mol. The Morgan fingerprint density at radius 2 is 1.86 bits per heavy atom. The number of ether oxygens (including phenoxy) is 1. The Morgan fingerprint density at radius 3 is 2.55 bits per heavy atom. The first-order valence-corrected chi connectivity index (χ1v) is 7.44. The second-order valence-corrected chi connectivity index (χ2v) is 5.23. The van der Waals surface area contributed by atoms with Crippen molar-refractivity contribution in [3.8, 4) is 5.75 Å². The van der Waals surface area contributed by atoms with Crippen molar-refractivity contribution in [2.24, 2.45) is 9.98 Å². The fourth-order valence-corrected chi connectivity index (χ4v) is 2.11. The molecule has 2 aromatic rings. The van der Waals surface area contributed by atoms with Crippen molar-refractivity contribution in [3.05, 3.63) is 58.6 Å². The van der Waals surface area contributed by atoms with Crippen LogP contribution in [0, 0.1) is 0 Å². The third kappa shape index (κ3) is 4.63. The highest BCUT2D eigenvalue weighted by Crippen LogP contribution is 2.23. The second-order valence-electron chi connectivity index (χ2n) is 4.37. The van der Waals surface area contributed by atoms with Crippen molar-refractivity contribution in [1.82, 2.24) is 0 Å². The molecule has 5 heteroatoms. The maximum Gasteiger partial charge on any atom is 0.184 e. The fraction of sp³-hybridized carbons (Fsp3) is 0.118. The molecule has 0 unspecified atom stereocenters. The van der Waals surface area contributed by atoms with Gasteiger partial charge in [-0.15, -0.1) is 0 Å². The minimum absolute atomic E-state index is 0.0480. The van der Waals surface area contributed by atoms with E-state index >= 15 is 0 Å². The lowest BCUT2D eigenvalue weighted by Crippen LogP contribution is -2.03. The molecule has 0 aliphatic heterocycles. The smallest absolute Gasteiger partial charge is 0.184 e. The molecular formula is C17H15BrN2O2. The summed E-state index contributed by atoms with van der Waals surface area (Å²) in [6.45, 7) is 0.0916. The normalized spacial score (nSPS) is 11.2. The van der Waals surface area contributed by atoms with Crippen molar-refractivity contribution >= 4 is 39.8 Å². The van der Waals surface area contributed by atoms with Crippen LogP contribution in [0.4, 0.5) is 5.69 Å². The molecule has 0 saturated heterocycles. The average Bonchev–Trinajstić information content (AvgIpc) is 2.56. The number of hydrogen-bond acceptors (Lipinski definition) is 4. The number of carbonyl (C=O) groups is 1. The summed E-state index contributed by atoms with van der Waals surface area (Å²) in [4.78, 5) is 20.2. The van der Waals surface area contributed by atoms with Crippen molar-refractivity contribution in [2.45, 2.75) is 0 Å². The zero-order valence-electron chi connectivity index (χ0n) is 12.1. The van der Waals surface area contributed by atoms with Gasteiger partial charge in [-0.1, -0.05) is 12.1 Å². The summed E-state index contributed by atoms with van der Waals surface area (Å²) in [6, 6.07) is 14.6. The number of nitrogens with zero attached hydrogens (tertiary/aromatic N) is 2. The van der Waals surface area contributed by atoms with E-state index < -0.39 is 0 Å². The predicted octanol–water partition coefficient (Wildman–Crippen LogP) is 4.11. The van der Waals surface area contributed by atoms with Crippen LogP contribution in [0.2, 0.25) is 0 Å². The molecule has 0 heterocycles. The number of methoxy groups -OCH3 is 1. The molecule has 0 bridgehead atoms. The van der Waals surface area contributed by atoms with E-state index in [1.807, 2.05) is 24.3 Å². The van der Waals surface area contributed by atoms with Gasteiger partial charge in [-0.2, -0.15) is 0 Å². The van der Waals surface area contributed by atoms with E-state index in [0.717, 1.165) is 15.9 Å². The zero-order chi connectivity index (χ0) is 15.8. The molecule has 0 aliphatic carbocycles. The third-order valence-electron chi connectivity index (χ3n) is 2.89. The van der Waals surface area contributed by atoms with Gasteiger partial charge in [-0.05, 0) is 52.3 Å². The Balaban J connectivity index is 1.89. The third-order valence-corrected chi connectivity index (χ3v) is 3.56. The van der Waals surface area contributed by atoms with Gasteiger partial charge in [0.2, 0.25) is 0 Å². The molecule has 2 aromatic carbocycles. The molecule has 112 valence electrons. The highest BCUT2D eigenvalue weighted by molar-refractivity contribution is 9.10. The first kappa shape index (κ1) is 16.1. The van der Waals surface area contributed by atoms with Crippen LogP contribution in [0.25, 0.3) is 0 Å². The maximum atomic E-state index is 11.9. The van der Waals surface area contributed by atoms with E-state index in [-0.39, 0.29) is 12.3 Å². The van der Waals surface area contributed by atoms with Crippen LogP contribution in [0.5, 0.6) is 5.75 Å². The van der Waals surface area contributed by atoms with Crippen LogP contribution in [-0.4, -0.2) is 31.9 Å². The van der Waals surface area contributed by atoms with Crippen molar-refractivity contribution < 1.29 is 9.53 Å². The number of Topliss-reactive ketones (excluding diaryl/α,β-unsaturated/α-hetero) is 1. The largest absolute Gasteiger partial charge is 0.497 e. The molecule has 22 heavy (non-hydrogen) atoms. The lowest BCUT2D eigenvalue weighted by Gasteiger charge is -2.00. The molecular weight excluding hydrogens is 344 g/mol. The van der Waals surface area contributed by atoms with E-state index in [1.165, 1.54) is 6.21 Å².